The number of amides is 2. The maximum absolute atomic E-state index is 12.5. The topological polar surface area (TPSA) is 49.4 Å². The molecular weight excluding hydrogens is 288 g/mol. The van der Waals surface area contributed by atoms with Gasteiger partial charge in [0.25, 0.3) is 0 Å². The van der Waals surface area contributed by atoms with Crippen LogP contribution in [0.25, 0.3) is 0 Å². The second kappa shape index (κ2) is 7.58. The van der Waals surface area contributed by atoms with Crippen LogP contribution in [0.3, 0.4) is 0 Å². The summed E-state index contributed by atoms with van der Waals surface area (Å²) in [7, 11) is 0. The minimum absolute atomic E-state index is 0.219. The lowest BCUT2D eigenvalue weighted by molar-refractivity contribution is -0.138. The number of nitrogens with one attached hydrogen (secondary N) is 1. The van der Waals surface area contributed by atoms with Crippen molar-refractivity contribution in [3.8, 4) is 0 Å². The van der Waals surface area contributed by atoms with Crippen LogP contribution >= 0.6 is 0 Å². The Morgan fingerprint density at radius 2 is 1.78 bits per heavy atom. The van der Waals surface area contributed by atoms with E-state index in [9.17, 15) is 9.59 Å². The second-order valence-corrected chi connectivity index (χ2v) is 5.49. The lowest BCUT2D eigenvalue weighted by Crippen LogP contribution is -2.43. The monoisotopic (exact) mass is 310 g/mol. The van der Waals surface area contributed by atoms with Crippen molar-refractivity contribution < 1.29 is 9.59 Å². The Morgan fingerprint density at radius 3 is 2.39 bits per heavy atom. The van der Waals surface area contributed by atoms with E-state index in [2.05, 4.69) is 5.32 Å². The van der Waals surface area contributed by atoms with E-state index >= 15 is 0 Å². The average molecular weight is 310 g/mol. The van der Waals surface area contributed by atoms with Gasteiger partial charge in [-0.05, 0) is 44.0 Å². The summed E-state index contributed by atoms with van der Waals surface area (Å²) in [6.07, 6.45) is 0. The van der Waals surface area contributed by atoms with E-state index in [0.29, 0.717) is 6.54 Å². The van der Waals surface area contributed by atoms with E-state index in [0.717, 1.165) is 16.8 Å². The molecule has 0 spiro atoms. The Balaban J connectivity index is 2.10. The number of aryl methyl sites for hydroxylation is 1. The summed E-state index contributed by atoms with van der Waals surface area (Å²) in [5.74, 6) is -1.13. The van der Waals surface area contributed by atoms with Crippen molar-refractivity contribution in [2.45, 2.75) is 26.8 Å². The average Bonchev–Trinajstić information content (AvgIpc) is 2.56. The number of benzene rings is 2. The van der Waals surface area contributed by atoms with Gasteiger partial charge in [-0.1, -0.05) is 42.5 Å². The molecule has 0 fully saturated rings. The van der Waals surface area contributed by atoms with Crippen molar-refractivity contribution in [3.63, 3.8) is 0 Å². The molecule has 23 heavy (non-hydrogen) atoms. The molecule has 0 aliphatic heterocycles. The van der Waals surface area contributed by atoms with Gasteiger partial charge in [0, 0.05) is 12.2 Å². The van der Waals surface area contributed by atoms with E-state index in [1.807, 2.05) is 75.4 Å². The van der Waals surface area contributed by atoms with Crippen molar-refractivity contribution >= 4 is 17.5 Å². The van der Waals surface area contributed by atoms with Gasteiger partial charge in [0.15, 0.2) is 0 Å². The fraction of sp³-hybridized carbons (Fsp3) is 0.263. The van der Waals surface area contributed by atoms with Crippen molar-refractivity contribution in [3.05, 3.63) is 65.7 Å². The molecular formula is C19H22N2O2. The molecule has 0 aliphatic carbocycles. The summed E-state index contributed by atoms with van der Waals surface area (Å²) in [5.41, 5.74) is 2.75. The molecule has 1 atom stereocenters. The zero-order valence-corrected chi connectivity index (χ0v) is 13.7. The third-order valence-corrected chi connectivity index (χ3v) is 3.72. The molecule has 2 rings (SSSR count). The van der Waals surface area contributed by atoms with E-state index in [1.165, 1.54) is 4.90 Å². The van der Waals surface area contributed by atoms with Crippen LogP contribution in [-0.4, -0.2) is 18.4 Å². The number of likely N-dealkylation sites (N-methyl/N-ethyl adjacent to an activating group) is 1. The summed E-state index contributed by atoms with van der Waals surface area (Å²) < 4.78 is 0. The van der Waals surface area contributed by atoms with Crippen LogP contribution in [-0.2, 0) is 9.59 Å². The molecule has 0 saturated heterocycles. The van der Waals surface area contributed by atoms with Gasteiger partial charge in [0.2, 0.25) is 0 Å². The lowest BCUT2D eigenvalue weighted by atomic mass is 10.1. The molecule has 120 valence electrons. The third-order valence-electron chi connectivity index (χ3n) is 3.72. The van der Waals surface area contributed by atoms with E-state index in [4.69, 9.17) is 0 Å². The maximum atomic E-state index is 12.5. The van der Waals surface area contributed by atoms with Crippen molar-refractivity contribution in [2.75, 3.05) is 11.4 Å². The fourth-order valence-corrected chi connectivity index (χ4v) is 2.45. The molecule has 0 radical (unpaired) electrons. The maximum Gasteiger partial charge on any atom is 0.316 e. The van der Waals surface area contributed by atoms with Crippen LogP contribution in [0.4, 0.5) is 5.69 Å². The molecule has 0 saturated carbocycles. The highest BCUT2D eigenvalue weighted by molar-refractivity contribution is 6.40. The van der Waals surface area contributed by atoms with Crippen LogP contribution in [0.1, 0.15) is 31.0 Å². The quantitative estimate of drug-likeness (QED) is 0.882. The van der Waals surface area contributed by atoms with Crippen molar-refractivity contribution in [1.82, 2.24) is 5.32 Å². The molecule has 2 aromatic rings. The number of rotatable bonds is 4. The summed E-state index contributed by atoms with van der Waals surface area (Å²) in [4.78, 5) is 26.2. The smallest absolute Gasteiger partial charge is 0.316 e. The zero-order valence-electron chi connectivity index (χ0n) is 13.7. The number of hydrogen-bond donors (Lipinski definition) is 1. The van der Waals surface area contributed by atoms with Crippen LogP contribution in [0, 0.1) is 6.92 Å². The third kappa shape index (κ3) is 4.19. The number of carbonyl (C=O) groups excluding carboxylic acids is 2. The minimum atomic E-state index is -0.593. The van der Waals surface area contributed by atoms with E-state index < -0.39 is 11.8 Å². The Bertz CT molecular complexity index is 683. The molecule has 1 N–H and O–H groups in total. The molecule has 4 nitrogen and oxygen atoms in total. The summed E-state index contributed by atoms with van der Waals surface area (Å²) in [6, 6.07) is 16.9. The highest BCUT2D eigenvalue weighted by Gasteiger charge is 2.23. The predicted molar refractivity (Wildman–Crippen MR) is 92.2 cm³/mol. The van der Waals surface area contributed by atoms with Gasteiger partial charge in [-0.2, -0.15) is 0 Å². The first kappa shape index (κ1) is 16.7. The molecule has 2 aromatic carbocycles. The standard InChI is InChI=1S/C19H22N2O2/c1-4-21(17-12-8-9-14(2)13-17)19(23)18(22)20-15(3)16-10-6-5-7-11-16/h5-13,15H,4H2,1-3H3,(H,20,22). The largest absolute Gasteiger partial charge is 0.341 e. The summed E-state index contributed by atoms with van der Waals surface area (Å²) in [5, 5.41) is 2.76. The predicted octanol–water partition coefficient (Wildman–Crippen LogP) is 3.23. The Hall–Kier alpha value is -2.62. The molecule has 0 aliphatic rings. The van der Waals surface area contributed by atoms with E-state index in [1.54, 1.807) is 0 Å². The van der Waals surface area contributed by atoms with Gasteiger partial charge in [0.05, 0.1) is 6.04 Å². The van der Waals surface area contributed by atoms with Gasteiger partial charge < -0.3 is 10.2 Å². The van der Waals surface area contributed by atoms with Crippen LogP contribution in [0.5, 0.6) is 0 Å². The Labute approximate surface area is 137 Å². The first-order valence-corrected chi connectivity index (χ1v) is 7.77. The Morgan fingerprint density at radius 1 is 1.09 bits per heavy atom. The first-order valence-electron chi connectivity index (χ1n) is 7.77. The molecule has 4 heteroatoms. The number of nitrogens with zero attached hydrogens (tertiary/aromatic N) is 1. The van der Waals surface area contributed by atoms with Crippen LogP contribution in [0.15, 0.2) is 54.6 Å². The Kier molecular flexibility index (Phi) is 5.52. The van der Waals surface area contributed by atoms with Gasteiger partial charge in [-0.15, -0.1) is 0 Å². The molecule has 0 aromatic heterocycles. The number of hydrogen-bond acceptors (Lipinski definition) is 2. The summed E-state index contributed by atoms with van der Waals surface area (Å²) >= 11 is 0. The normalized spacial score (nSPS) is 11.6. The first-order chi connectivity index (χ1) is 11.0. The molecule has 0 heterocycles. The molecule has 0 bridgehead atoms. The van der Waals surface area contributed by atoms with Gasteiger partial charge in [-0.3, -0.25) is 9.59 Å². The number of carbonyl (C=O) groups is 2. The fourth-order valence-electron chi connectivity index (χ4n) is 2.45. The van der Waals surface area contributed by atoms with Gasteiger partial charge in [0.1, 0.15) is 0 Å². The molecule has 1 unspecified atom stereocenters. The highest BCUT2D eigenvalue weighted by atomic mass is 16.2. The molecule has 2 amide bonds. The minimum Gasteiger partial charge on any atom is -0.341 e. The SMILES string of the molecule is CCN(C(=O)C(=O)NC(C)c1ccccc1)c1cccc(C)c1. The highest BCUT2D eigenvalue weighted by Crippen LogP contribution is 2.17. The van der Waals surface area contributed by atoms with Crippen LogP contribution in [0.2, 0.25) is 0 Å². The van der Waals surface area contributed by atoms with Gasteiger partial charge in [-0.25, -0.2) is 0 Å². The van der Waals surface area contributed by atoms with Crippen LogP contribution < -0.4 is 10.2 Å². The van der Waals surface area contributed by atoms with E-state index in [-0.39, 0.29) is 6.04 Å². The summed E-state index contributed by atoms with van der Waals surface area (Å²) in [6.45, 7) is 6.12. The second-order valence-electron chi connectivity index (χ2n) is 5.49. The van der Waals surface area contributed by atoms with Crippen molar-refractivity contribution in [1.29, 1.82) is 0 Å². The number of anilines is 1. The lowest BCUT2D eigenvalue weighted by Gasteiger charge is -2.22. The van der Waals surface area contributed by atoms with Gasteiger partial charge >= 0.3 is 11.8 Å². The zero-order chi connectivity index (χ0) is 16.8. The van der Waals surface area contributed by atoms with Crippen molar-refractivity contribution in [2.24, 2.45) is 0 Å².